The Kier molecular flexibility index (Phi) is 26.9. The molecule has 0 aromatic heterocycles. The number of likely N-dealkylation sites (N-methyl/N-ethyl adjacent to an activating group) is 2. The highest BCUT2D eigenvalue weighted by Crippen LogP contribution is 2.07. The highest BCUT2D eigenvalue weighted by Gasteiger charge is 2.24. The molecule has 304 valence electrons. The van der Waals surface area contributed by atoms with Gasteiger partial charge in [-0.3, -0.25) is 38.6 Å². The number of carbonyl (C=O) groups is 7. The lowest BCUT2D eigenvalue weighted by Gasteiger charge is -2.22. The van der Waals surface area contributed by atoms with Gasteiger partial charge in [0.05, 0.1) is 6.04 Å². The van der Waals surface area contributed by atoms with Crippen molar-refractivity contribution in [2.75, 3.05) is 40.3 Å². The molecule has 0 aliphatic heterocycles. The molecule has 0 bridgehead atoms. The molecule has 0 rings (SSSR count). The first-order valence-electron chi connectivity index (χ1n) is 17.2. The first kappa shape index (κ1) is 52.3. The molecular formula is C34H68N8O10. The average Bonchev–Trinajstić information content (AvgIpc) is 3.01. The lowest BCUT2D eigenvalue weighted by atomic mass is 10.2. The summed E-state index contributed by atoms with van der Waals surface area (Å²) >= 11 is 0. The van der Waals surface area contributed by atoms with Crippen molar-refractivity contribution in [2.24, 2.45) is 5.73 Å². The molecule has 6 atom stereocenters. The van der Waals surface area contributed by atoms with Gasteiger partial charge in [-0.1, -0.05) is 7.43 Å². The van der Waals surface area contributed by atoms with Crippen LogP contribution in [0.2, 0.25) is 0 Å². The maximum Gasteiger partial charge on any atom is 0.408 e. The molecule has 0 saturated carbocycles. The summed E-state index contributed by atoms with van der Waals surface area (Å²) in [6, 6.07) is -3.98. The van der Waals surface area contributed by atoms with Gasteiger partial charge in [0.1, 0.15) is 35.8 Å². The number of nitrogens with zero attached hydrogens (tertiary/aromatic N) is 2. The summed E-state index contributed by atoms with van der Waals surface area (Å²) in [7, 11) is 3.49. The van der Waals surface area contributed by atoms with Crippen molar-refractivity contribution < 1.29 is 48.5 Å². The third kappa shape index (κ3) is 25.0. The van der Waals surface area contributed by atoms with Gasteiger partial charge in [0.25, 0.3) is 0 Å². The smallest absolute Gasteiger partial charge is 0.408 e. The fraction of sp³-hybridized carbons (Fsp3) is 0.794. The van der Waals surface area contributed by atoms with E-state index in [1.54, 1.807) is 79.3 Å². The van der Waals surface area contributed by atoms with Crippen LogP contribution in [0.3, 0.4) is 0 Å². The fourth-order valence-electron chi connectivity index (χ4n) is 3.83. The average molecular weight is 749 g/mol. The molecule has 0 spiro atoms. The molecular weight excluding hydrogens is 680 g/mol. The molecule has 0 fully saturated rings. The molecule has 0 aliphatic rings. The Hall–Kier alpha value is -4.03. The third-order valence-electron chi connectivity index (χ3n) is 7.55. The van der Waals surface area contributed by atoms with Crippen molar-refractivity contribution in [1.82, 2.24) is 36.4 Å². The van der Waals surface area contributed by atoms with Gasteiger partial charge in [-0.05, 0) is 115 Å². The van der Waals surface area contributed by atoms with Crippen LogP contribution in [-0.4, -0.2) is 144 Å². The Bertz CT molecular complexity index is 1130. The Morgan fingerprint density at radius 1 is 0.615 bits per heavy atom. The van der Waals surface area contributed by atoms with E-state index in [-0.39, 0.29) is 25.1 Å². The Morgan fingerprint density at radius 3 is 1.29 bits per heavy atom. The van der Waals surface area contributed by atoms with E-state index in [0.717, 1.165) is 19.3 Å². The van der Waals surface area contributed by atoms with Crippen molar-refractivity contribution in [3.05, 3.63) is 0 Å². The second-order valence-electron chi connectivity index (χ2n) is 13.6. The lowest BCUT2D eigenvalue weighted by Crippen LogP contribution is -2.52. The van der Waals surface area contributed by atoms with E-state index in [0.29, 0.717) is 32.6 Å². The zero-order valence-corrected chi connectivity index (χ0v) is 32.3. The van der Waals surface area contributed by atoms with E-state index in [2.05, 4.69) is 26.6 Å². The summed E-state index contributed by atoms with van der Waals surface area (Å²) < 4.78 is 5.09. The minimum atomic E-state index is -0.874. The minimum absolute atomic E-state index is 0. The van der Waals surface area contributed by atoms with Gasteiger partial charge in [0.2, 0.25) is 23.6 Å². The van der Waals surface area contributed by atoms with E-state index < -0.39 is 65.8 Å². The fourth-order valence-corrected chi connectivity index (χ4v) is 3.83. The van der Waals surface area contributed by atoms with Gasteiger partial charge in [-0.25, -0.2) is 4.79 Å². The van der Waals surface area contributed by atoms with Gasteiger partial charge < -0.3 is 47.3 Å². The number of nitrogens with two attached hydrogens (primary N) is 1. The number of rotatable bonds is 21. The van der Waals surface area contributed by atoms with Crippen molar-refractivity contribution in [3.63, 3.8) is 0 Å². The Labute approximate surface area is 309 Å². The predicted octanol–water partition coefficient (Wildman–Crippen LogP) is 0.481. The normalized spacial score (nSPS) is 14.4. The number of alkyl carbamates (subject to hydrolysis) is 1. The highest BCUT2D eigenvalue weighted by atomic mass is 16.6. The van der Waals surface area contributed by atoms with E-state index in [1.807, 2.05) is 0 Å². The molecule has 52 heavy (non-hydrogen) atoms. The van der Waals surface area contributed by atoms with Crippen LogP contribution in [0.25, 0.3) is 0 Å². The summed E-state index contributed by atoms with van der Waals surface area (Å²) in [6.07, 6.45) is 2.20. The molecule has 9 N–H and O–H groups in total. The molecule has 0 aliphatic carbocycles. The van der Waals surface area contributed by atoms with Crippen molar-refractivity contribution in [1.29, 1.82) is 0 Å². The number of nitrogens with one attached hydrogen (secondary N) is 5. The molecule has 0 aromatic rings. The second kappa shape index (κ2) is 26.7. The number of ether oxygens (including phenoxy) is 1. The Balaban J connectivity index is -0.000000940. The summed E-state index contributed by atoms with van der Waals surface area (Å²) in [5.74, 6) is -3.19. The monoisotopic (exact) mass is 749 g/mol. The van der Waals surface area contributed by atoms with Crippen LogP contribution >= 0.6 is 0 Å². The highest BCUT2D eigenvalue weighted by molar-refractivity contribution is 5.91. The number of carboxylic acid groups (broad SMARTS) is 2. The van der Waals surface area contributed by atoms with Crippen LogP contribution in [0.4, 0.5) is 4.79 Å². The zero-order chi connectivity index (χ0) is 40.1. The van der Waals surface area contributed by atoms with Crippen LogP contribution in [0.1, 0.15) is 95.4 Å². The van der Waals surface area contributed by atoms with E-state index in [9.17, 15) is 33.6 Å². The van der Waals surface area contributed by atoms with E-state index in [4.69, 9.17) is 20.7 Å². The van der Waals surface area contributed by atoms with Crippen molar-refractivity contribution in [3.8, 4) is 0 Å². The molecule has 18 heteroatoms. The van der Waals surface area contributed by atoms with Crippen LogP contribution in [0.15, 0.2) is 0 Å². The molecule has 18 nitrogen and oxygen atoms in total. The summed E-state index contributed by atoms with van der Waals surface area (Å²) in [5, 5.41) is 30.7. The SMILES string of the molecule is C.CC(N)C(=O)NC(C)C(=O)NCCCCN(C)C(C)C(=O)O.CC(NC(=O)OC(C)(C)C)C(=O)NC(C)C(=O)NCCCCN(C)C(C)C(=O)O. The van der Waals surface area contributed by atoms with E-state index >= 15 is 0 Å². The van der Waals surface area contributed by atoms with Gasteiger partial charge in [0, 0.05) is 13.1 Å². The largest absolute Gasteiger partial charge is 0.480 e. The molecule has 0 radical (unpaired) electrons. The number of hydrogen-bond acceptors (Lipinski definition) is 11. The van der Waals surface area contributed by atoms with Crippen molar-refractivity contribution in [2.45, 2.75) is 137 Å². The lowest BCUT2D eigenvalue weighted by molar-refractivity contribution is -0.143. The van der Waals surface area contributed by atoms with Crippen molar-refractivity contribution >= 4 is 41.7 Å². The first-order chi connectivity index (χ1) is 23.4. The number of carboxylic acids is 2. The second-order valence-corrected chi connectivity index (χ2v) is 13.6. The van der Waals surface area contributed by atoms with Crippen LogP contribution < -0.4 is 32.3 Å². The predicted molar refractivity (Wildman–Crippen MR) is 198 cm³/mol. The summed E-state index contributed by atoms with van der Waals surface area (Å²) in [5.41, 5.74) is 4.74. The van der Waals surface area contributed by atoms with Crippen LogP contribution in [-0.2, 0) is 33.5 Å². The molecule has 0 saturated heterocycles. The summed E-state index contributed by atoms with van der Waals surface area (Å²) in [6.45, 7) is 16.7. The molecule has 6 unspecified atom stereocenters. The number of amides is 5. The number of aliphatic carboxylic acids is 2. The quantitative estimate of drug-likeness (QED) is 0.0744. The number of unbranched alkanes of at least 4 members (excludes halogenated alkanes) is 2. The zero-order valence-electron chi connectivity index (χ0n) is 32.3. The first-order valence-corrected chi connectivity index (χ1v) is 17.2. The maximum atomic E-state index is 12.1. The number of carbonyl (C=O) groups excluding carboxylic acids is 5. The maximum absolute atomic E-state index is 12.1. The van der Waals surface area contributed by atoms with Gasteiger partial charge in [-0.15, -0.1) is 0 Å². The minimum Gasteiger partial charge on any atom is -0.480 e. The van der Waals surface area contributed by atoms with Crippen LogP contribution in [0.5, 0.6) is 0 Å². The third-order valence-corrected chi connectivity index (χ3v) is 7.55. The molecule has 0 heterocycles. The standard InChI is InChI=1S/C19H36N4O6.C14H28N4O4.CH4/c1-12(21-16(25)13(2)22-18(28)29-19(4,5)6)15(24)20-10-8-9-11-23(7)14(3)17(26)27;1-9(15)12(19)17-10(2)13(20)16-7-5-6-8-18(4)11(3)14(21)22;/h12-14H,8-11H2,1-7H3,(H,20,24)(H,21,25)(H,22,28)(H,26,27);9-11H,5-8,15H2,1-4H3,(H,16,20)(H,17,19)(H,21,22);1H4. The molecule has 5 amide bonds. The van der Waals surface area contributed by atoms with Gasteiger partial charge in [0.15, 0.2) is 0 Å². The van der Waals surface area contributed by atoms with Gasteiger partial charge in [-0.2, -0.15) is 0 Å². The number of hydrogen-bond donors (Lipinski definition) is 8. The van der Waals surface area contributed by atoms with E-state index in [1.165, 1.54) is 6.92 Å². The molecule has 0 aromatic carbocycles. The van der Waals surface area contributed by atoms with Crippen LogP contribution in [0, 0.1) is 0 Å². The Morgan fingerprint density at radius 2 is 0.962 bits per heavy atom. The summed E-state index contributed by atoms with van der Waals surface area (Å²) in [4.78, 5) is 84.1. The topological polar surface area (TPSA) is 262 Å². The van der Waals surface area contributed by atoms with Gasteiger partial charge >= 0.3 is 18.0 Å².